The maximum absolute atomic E-state index is 4.88. The largest absolute Gasteiger partial charge is 0.369 e. The van der Waals surface area contributed by atoms with Crippen LogP contribution < -0.4 is 5.32 Å². The monoisotopic (exact) mass is 269 g/mol. The normalized spacial score (nSPS) is 13.3. The summed E-state index contributed by atoms with van der Waals surface area (Å²) < 4.78 is 2.11. The van der Waals surface area contributed by atoms with Gasteiger partial charge in [-0.25, -0.2) is 4.68 Å². The van der Waals surface area contributed by atoms with Crippen molar-refractivity contribution < 1.29 is 0 Å². The Morgan fingerprint density at radius 3 is 2.90 bits per heavy atom. The van der Waals surface area contributed by atoms with Crippen LogP contribution in [0, 0.1) is 13.8 Å². The minimum Gasteiger partial charge on any atom is -0.369 e. The molecule has 0 amide bonds. The Bertz CT molecular complexity index is 625. The van der Waals surface area contributed by atoms with Crippen LogP contribution in [-0.2, 0) is 12.8 Å². The first kappa shape index (κ1) is 13.2. The van der Waals surface area contributed by atoms with Crippen molar-refractivity contribution in [3.8, 4) is 5.69 Å². The van der Waals surface area contributed by atoms with Gasteiger partial charge < -0.3 is 5.32 Å². The fourth-order valence-corrected chi connectivity index (χ4v) is 3.01. The number of aryl methyl sites for hydroxylation is 3. The minimum absolute atomic E-state index is 1.04. The predicted octanol–water partition coefficient (Wildman–Crippen LogP) is 3.80. The van der Waals surface area contributed by atoms with E-state index >= 15 is 0 Å². The molecule has 1 aromatic carbocycles. The zero-order valence-electron chi connectivity index (χ0n) is 12.7. The molecule has 106 valence electrons. The van der Waals surface area contributed by atoms with Crippen LogP contribution in [0.1, 0.15) is 42.1 Å². The Labute approximate surface area is 121 Å². The van der Waals surface area contributed by atoms with Gasteiger partial charge in [0.25, 0.3) is 0 Å². The highest BCUT2D eigenvalue weighted by Gasteiger charge is 2.22. The van der Waals surface area contributed by atoms with Crippen molar-refractivity contribution in [1.82, 2.24) is 9.78 Å². The van der Waals surface area contributed by atoms with E-state index in [9.17, 15) is 0 Å². The summed E-state index contributed by atoms with van der Waals surface area (Å²) in [6.07, 6.45) is 4.65. The van der Waals surface area contributed by atoms with Gasteiger partial charge in [-0.05, 0) is 44.7 Å². The topological polar surface area (TPSA) is 29.9 Å². The van der Waals surface area contributed by atoms with Crippen LogP contribution in [0.4, 0.5) is 5.82 Å². The van der Waals surface area contributed by atoms with Gasteiger partial charge in [-0.1, -0.05) is 31.0 Å². The van der Waals surface area contributed by atoms with E-state index in [1.54, 1.807) is 0 Å². The third kappa shape index (κ3) is 2.21. The number of hydrogen-bond donors (Lipinski definition) is 1. The molecule has 0 spiro atoms. The summed E-state index contributed by atoms with van der Waals surface area (Å²) in [5.41, 5.74) is 6.49. The lowest BCUT2D eigenvalue weighted by atomic mass is 10.1. The average Bonchev–Trinajstić information content (AvgIpc) is 2.99. The Kier molecular flexibility index (Phi) is 3.51. The number of anilines is 1. The van der Waals surface area contributed by atoms with Crippen LogP contribution in [0.15, 0.2) is 18.2 Å². The summed E-state index contributed by atoms with van der Waals surface area (Å²) in [6.45, 7) is 7.57. The maximum atomic E-state index is 4.88. The van der Waals surface area contributed by atoms with E-state index in [1.165, 1.54) is 46.7 Å². The molecule has 3 nitrogen and oxygen atoms in total. The van der Waals surface area contributed by atoms with E-state index in [-0.39, 0.29) is 0 Å². The summed E-state index contributed by atoms with van der Waals surface area (Å²) in [4.78, 5) is 0. The van der Waals surface area contributed by atoms with E-state index in [1.807, 2.05) is 0 Å². The van der Waals surface area contributed by atoms with E-state index in [4.69, 9.17) is 5.10 Å². The summed E-state index contributed by atoms with van der Waals surface area (Å²) in [6, 6.07) is 6.57. The second-order valence-electron chi connectivity index (χ2n) is 5.76. The lowest BCUT2D eigenvalue weighted by molar-refractivity contribution is 0.743. The highest BCUT2D eigenvalue weighted by Crippen LogP contribution is 2.30. The maximum Gasteiger partial charge on any atom is 0.133 e. The van der Waals surface area contributed by atoms with Crippen LogP contribution >= 0.6 is 0 Å². The minimum atomic E-state index is 1.04. The van der Waals surface area contributed by atoms with Crippen molar-refractivity contribution in [1.29, 1.82) is 0 Å². The molecule has 0 saturated carbocycles. The van der Waals surface area contributed by atoms with E-state index in [0.29, 0.717) is 0 Å². The van der Waals surface area contributed by atoms with Gasteiger partial charge in [0, 0.05) is 12.1 Å². The predicted molar refractivity (Wildman–Crippen MR) is 83.8 cm³/mol. The standard InChI is InChI=1S/C17H23N3/c1-4-5-6-15-14-9-10-18-17(14)20(19-15)16-8-7-12(2)11-13(16)3/h7-8,11,18H,4-6,9-10H2,1-3H3. The molecule has 0 saturated heterocycles. The molecule has 0 bridgehead atoms. The Morgan fingerprint density at radius 2 is 2.15 bits per heavy atom. The number of fused-ring (bicyclic) bond motifs is 1. The number of benzene rings is 1. The number of rotatable bonds is 4. The van der Waals surface area contributed by atoms with E-state index in [0.717, 1.165) is 19.4 Å². The fourth-order valence-electron chi connectivity index (χ4n) is 3.01. The molecule has 1 aliphatic rings. The third-order valence-electron chi connectivity index (χ3n) is 4.08. The number of hydrogen-bond acceptors (Lipinski definition) is 2. The van der Waals surface area contributed by atoms with E-state index in [2.05, 4.69) is 49.0 Å². The lowest BCUT2D eigenvalue weighted by Crippen LogP contribution is -2.06. The molecule has 0 fully saturated rings. The fraction of sp³-hybridized carbons (Fsp3) is 0.471. The summed E-state index contributed by atoms with van der Waals surface area (Å²) in [5.74, 6) is 1.21. The molecule has 3 heteroatoms. The smallest absolute Gasteiger partial charge is 0.133 e. The molecule has 1 aliphatic heterocycles. The van der Waals surface area contributed by atoms with Gasteiger partial charge in [-0.15, -0.1) is 0 Å². The van der Waals surface area contributed by atoms with Gasteiger partial charge in [-0.3, -0.25) is 0 Å². The van der Waals surface area contributed by atoms with Gasteiger partial charge in [0.15, 0.2) is 0 Å². The van der Waals surface area contributed by atoms with Gasteiger partial charge in [0.05, 0.1) is 11.4 Å². The average molecular weight is 269 g/mol. The molecule has 0 aliphatic carbocycles. The van der Waals surface area contributed by atoms with Crippen molar-refractivity contribution >= 4 is 5.82 Å². The van der Waals surface area contributed by atoms with Crippen molar-refractivity contribution in [3.63, 3.8) is 0 Å². The second kappa shape index (κ2) is 5.31. The number of nitrogens with zero attached hydrogens (tertiary/aromatic N) is 2. The molecular formula is C17H23N3. The van der Waals surface area contributed by atoms with Crippen LogP contribution in [0.5, 0.6) is 0 Å². The molecule has 1 N–H and O–H groups in total. The van der Waals surface area contributed by atoms with Gasteiger partial charge in [0.2, 0.25) is 0 Å². The van der Waals surface area contributed by atoms with Gasteiger partial charge >= 0.3 is 0 Å². The second-order valence-corrected chi connectivity index (χ2v) is 5.76. The van der Waals surface area contributed by atoms with Crippen molar-refractivity contribution in [2.45, 2.75) is 46.5 Å². The van der Waals surface area contributed by atoms with Crippen molar-refractivity contribution in [2.24, 2.45) is 0 Å². The highest BCUT2D eigenvalue weighted by atomic mass is 15.3. The first-order chi connectivity index (χ1) is 9.70. The number of unbranched alkanes of at least 4 members (excludes halogenated alkanes) is 1. The Balaban J connectivity index is 2.05. The van der Waals surface area contributed by atoms with Crippen molar-refractivity contribution in [3.05, 3.63) is 40.6 Å². The van der Waals surface area contributed by atoms with Crippen LogP contribution in [-0.4, -0.2) is 16.3 Å². The van der Waals surface area contributed by atoms with Crippen LogP contribution in [0.3, 0.4) is 0 Å². The molecule has 2 aromatic rings. The molecule has 0 unspecified atom stereocenters. The quantitative estimate of drug-likeness (QED) is 0.915. The van der Waals surface area contributed by atoms with Crippen LogP contribution in [0.25, 0.3) is 5.69 Å². The zero-order chi connectivity index (χ0) is 14.1. The zero-order valence-corrected chi connectivity index (χ0v) is 12.7. The van der Waals surface area contributed by atoms with E-state index < -0.39 is 0 Å². The van der Waals surface area contributed by atoms with Gasteiger partial charge in [0.1, 0.15) is 5.82 Å². The molecule has 2 heterocycles. The molecule has 3 rings (SSSR count). The summed E-state index contributed by atoms with van der Waals surface area (Å²) in [5, 5.41) is 8.39. The van der Waals surface area contributed by atoms with Gasteiger partial charge in [-0.2, -0.15) is 5.10 Å². The molecular weight excluding hydrogens is 246 g/mol. The highest BCUT2D eigenvalue weighted by molar-refractivity contribution is 5.58. The summed E-state index contributed by atoms with van der Waals surface area (Å²) in [7, 11) is 0. The first-order valence-electron chi connectivity index (χ1n) is 7.63. The molecule has 0 atom stereocenters. The molecule has 0 radical (unpaired) electrons. The number of aromatic nitrogens is 2. The SMILES string of the molecule is CCCCc1nn(-c2ccc(C)cc2C)c2c1CCN2. The Morgan fingerprint density at radius 1 is 1.30 bits per heavy atom. The Hall–Kier alpha value is -1.77. The van der Waals surface area contributed by atoms with Crippen LogP contribution in [0.2, 0.25) is 0 Å². The number of nitrogens with one attached hydrogen (secondary N) is 1. The molecule has 20 heavy (non-hydrogen) atoms. The lowest BCUT2D eigenvalue weighted by Gasteiger charge is -2.10. The summed E-state index contributed by atoms with van der Waals surface area (Å²) >= 11 is 0. The first-order valence-corrected chi connectivity index (χ1v) is 7.63. The molecule has 1 aromatic heterocycles. The third-order valence-corrected chi connectivity index (χ3v) is 4.08. The van der Waals surface area contributed by atoms with Crippen molar-refractivity contribution in [2.75, 3.05) is 11.9 Å².